The first-order valence-corrected chi connectivity index (χ1v) is 13.7. The molecule has 3 aromatic rings. The lowest BCUT2D eigenvalue weighted by Crippen LogP contribution is -2.49. The Morgan fingerprint density at radius 2 is 1.48 bits per heavy atom. The van der Waals surface area contributed by atoms with Crippen LogP contribution in [-0.2, 0) is 19.3 Å². The highest BCUT2D eigenvalue weighted by Crippen LogP contribution is 2.33. The van der Waals surface area contributed by atoms with Gasteiger partial charge in [0.15, 0.2) is 0 Å². The van der Waals surface area contributed by atoms with Crippen molar-refractivity contribution >= 4 is 17.6 Å². The minimum Gasteiger partial charge on any atom is -0.348 e. The fraction of sp³-hybridized carbons (Fsp3) is 0.355. The molecule has 1 aliphatic heterocycles. The molecule has 3 amide bonds. The minimum atomic E-state index is -4.46. The SMILES string of the molecule is O=C(NCc1cccc(C(F)(F)F)c1)c1ccccc1NC(=O)N(C1CC1)C1CCN(Cc2ccccc2)CC1. The quantitative estimate of drug-likeness (QED) is 0.346. The van der Waals surface area contributed by atoms with Gasteiger partial charge in [-0.05, 0) is 61.1 Å². The number of urea groups is 1. The third kappa shape index (κ3) is 7.01. The molecule has 2 N–H and O–H groups in total. The second-order valence-electron chi connectivity index (χ2n) is 10.5. The van der Waals surface area contributed by atoms with Crippen LogP contribution in [0.2, 0.25) is 0 Å². The van der Waals surface area contributed by atoms with Crippen LogP contribution in [0.15, 0.2) is 78.9 Å². The van der Waals surface area contributed by atoms with E-state index in [9.17, 15) is 22.8 Å². The number of hydrogen-bond donors (Lipinski definition) is 2. The maximum Gasteiger partial charge on any atom is 0.416 e. The molecular formula is C31H33F3N4O2. The van der Waals surface area contributed by atoms with E-state index in [0.717, 1.165) is 57.5 Å². The van der Waals surface area contributed by atoms with Gasteiger partial charge in [0.1, 0.15) is 0 Å². The van der Waals surface area contributed by atoms with Crippen LogP contribution in [0, 0.1) is 0 Å². The lowest BCUT2D eigenvalue weighted by atomic mass is 10.0. The van der Waals surface area contributed by atoms with Crippen LogP contribution in [0.4, 0.5) is 23.7 Å². The number of nitrogens with one attached hydrogen (secondary N) is 2. The van der Waals surface area contributed by atoms with Gasteiger partial charge in [-0.3, -0.25) is 9.69 Å². The zero-order valence-corrected chi connectivity index (χ0v) is 22.2. The number of amides is 3. The summed E-state index contributed by atoms with van der Waals surface area (Å²) in [6, 6.07) is 22.0. The monoisotopic (exact) mass is 550 g/mol. The zero-order chi connectivity index (χ0) is 28.1. The first kappa shape index (κ1) is 27.7. The summed E-state index contributed by atoms with van der Waals surface area (Å²) in [4.78, 5) is 30.9. The van der Waals surface area contributed by atoms with Crippen molar-refractivity contribution < 1.29 is 22.8 Å². The van der Waals surface area contributed by atoms with Gasteiger partial charge in [-0.25, -0.2) is 4.79 Å². The average molecular weight is 551 g/mol. The molecular weight excluding hydrogens is 517 g/mol. The van der Waals surface area contributed by atoms with E-state index < -0.39 is 17.6 Å². The molecule has 1 saturated heterocycles. The molecule has 1 aliphatic carbocycles. The van der Waals surface area contributed by atoms with E-state index in [1.165, 1.54) is 17.7 Å². The minimum absolute atomic E-state index is 0.0687. The first-order valence-electron chi connectivity index (χ1n) is 13.7. The summed E-state index contributed by atoms with van der Waals surface area (Å²) in [5.74, 6) is -0.472. The van der Waals surface area contributed by atoms with Crippen molar-refractivity contribution in [2.45, 2.75) is 57.0 Å². The Hall–Kier alpha value is -3.85. The Morgan fingerprint density at radius 1 is 0.825 bits per heavy atom. The van der Waals surface area contributed by atoms with Crippen LogP contribution in [0.25, 0.3) is 0 Å². The Kier molecular flexibility index (Phi) is 8.40. The smallest absolute Gasteiger partial charge is 0.348 e. The standard InChI is InChI=1S/C31H33F3N4O2/c32-31(33,34)24-10-6-9-23(19-24)20-35-29(39)27-11-4-5-12-28(27)36-30(40)38(25-13-14-25)26-15-17-37(18-16-26)21-22-7-2-1-3-8-22/h1-12,19,25-26H,13-18,20-21H2,(H,35,39)(H,36,40). The third-order valence-electron chi connectivity index (χ3n) is 7.49. The predicted molar refractivity (Wildman–Crippen MR) is 148 cm³/mol. The highest BCUT2D eigenvalue weighted by atomic mass is 19.4. The number of carbonyl (C=O) groups excluding carboxylic acids is 2. The van der Waals surface area contributed by atoms with Gasteiger partial charge in [0.2, 0.25) is 0 Å². The van der Waals surface area contributed by atoms with E-state index in [-0.39, 0.29) is 30.2 Å². The average Bonchev–Trinajstić information content (AvgIpc) is 3.78. The van der Waals surface area contributed by atoms with Crippen molar-refractivity contribution in [2.75, 3.05) is 18.4 Å². The molecule has 0 spiro atoms. The van der Waals surface area contributed by atoms with Crippen molar-refractivity contribution in [3.05, 3.63) is 101 Å². The summed E-state index contributed by atoms with van der Waals surface area (Å²) in [5, 5.41) is 5.64. The molecule has 210 valence electrons. The van der Waals surface area contributed by atoms with Gasteiger partial charge in [-0.2, -0.15) is 13.2 Å². The van der Waals surface area contributed by atoms with Crippen LogP contribution in [-0.4, -0.2) is 46.9 Å². The van der Waals surface area contributed by atoms with Crippen molar-refractivity contribution in [1.82, 2.24) is 15.1 Å². The number of rotatable bonds is 8. The van der Waals surface area contributed by atoms with E-state index in [1.807, 2.05) is 23.1 Å². The fourth-order valence-corrected chi connectivity index (χ4v) is 5.28. The molecule has 0 radical (unpaired) electrons. The van der Waals surface area contributed by atoms with Gasteiger partial charge in [0, 0.05) is 38.3 Å². The summed E-state index contributed by atoms with van der Waals surface area (Å²) in [7, 11) is 0. The van der Waals surface area contributed by atoms with Gasteiger partial charge >= 0.3 is 12.2 Å². The second-order valence-corrected chi connectivity index (χ2v) is 10.5. The summed E-state index contributed by atoms with van der Waals surface area (Å²) < 4.78 is 39.1. The highest BCUT2D eigenvalue weighted by molar-refractivity contribution is 6.03. The number of carbonyl (C=O) groups is 2. The molecule has 40 heavy (non-hydrogen) atoms. The van der Waals surface area contributed by atoms with Gasteiger partial charge in [-0.15, -0.1) is 0 Å². The van der Waals surface area contributed by atoms with Gasteiger partial charge < -0.3 is 15.5 Å². The molecule has 5 rings (SSSR count). The lowest BCUT2D eigenvalue weighted by molar-refractivity contribution is -0.137. The second kappa shape index (κ2) is 12.1. The summed E-state index contributed by atoms with van der Waals surface area (Å²) in [6.45, 7) is 2.64. The van der Waals surface area contributed by atoms with Crippen LogP contribution in [0.1, 0.15) is 52.7 Å². The molecule has 1 heterocycles. The van der Waals surface area contributed by atoms with E-state index in [1.54, 1.807) is 24.3 Å². The molecule has 0 bridgehead atoms. The maximum atomic E-state index is 13.5. The number of alkyl halides is 3. The number of nitrogens with zero attached hydrogens (tertiary/aromatic N) is 2. The van der Waals surface area contributed by atoms with Crippen molar-refractivity contribution in [2.24, 2.45) is 0 Å². The fourth-order valence-electron chi connectivity index (χ4n) is 5.28. The molecule has 2 fully saturated rings. The molecule has 0 atom stereocenters. The predicted octanol–water partition coefficient (Wildman–Crippen LogP) is 6.30. The normalized spacial score (nSPS) is 16.4. The molecule has 1 saturated carbocycles. The number of halogens is 3. The Labute approximate surface area is 232 Å². The molecule has 0 unspecified atom stereocenters. The van der Waals surface area contributed by atoms with Crippen LogP contribution >= 0.6 is 0 Å². The Morgan fingerprint density at radius 3 is 2.17 bits per heavy atom. The van der Waals surface area contributed by atoms with Gasteiger partial charge in [-0.1, -0.05) is 54.6 Å². The number of piperidine rings is 1. The van der Waals surface area contributed by atoms with E-state index in [2.05, 4.69) is 27.7 Å². The van der Waals surface area contributed by atoms with Crippen molar-refractivity contribution in [1.29, 1.82) is 0 Å². The highest BCUT2D eigenvalue weighted by Gasteiger charge is 2.39. The number of para-hydroxylation sites is 1. The molecule has 9 heteroatoms. The summed E-state index contributed by atoms with van der Waals surface area (Å²) in [5.41, 5.74) is 1.49. The number of likely N-dealkylation sites (tertiary alicyclic amines) is 1. The number of anilines is 1. The number of benzene rings is 3. The molecule has 2 aliphatic rings. The summed E-state index contributed by atoms with van der Waals surface area (Å²) in [6.07, 6.45) is -0.748. The topological polar surface area (TPSA) is 64.7 Å². The maximum absolute atomic E-state index is 13.5. The third-order valence-corrected chi connectivity index (χ3v) is 7.49. The van der Waals surface area contributed by atoms with E-state index >= 15 is 0 Å². The zero-order valence-electron chi connectivity index (χ0n) is 22.2. The largest absolute Gasteiger partial charge is 0.416 e. The summed E-state index contributed by atoms with van der Waals surface area (Å²) >= 11 is 0. The first-order chi connectivity index (χ1) is 19.3. The van der Waals surface area contributed by atoms with Gasteiger partial charge in [0.05, 0.1) is 16.8 Å². The lowest BCUT2D eigenvalue weighted by Gasteiger charge is -2.39. The Balaban J connectivity index is 1.20. The Bertz CT molecular complexity index is 1320. The van der Waals surface area contributed by atoms with Crippen molar-refractivity contribution in [3.8, 4) is 0 Å². The molecule has 0 aromatic heterocycles. The van der Waals surface area contributed by atoms with Crippen LogP contribution in [0.5, 0.6) is 0 Å². The number of hydrogen-bond acceptors (Lipinski definition) is 3. The van der Waals surface area contributed by atoms with Gasteiger partial charge in [0.25, 0.3) is 5.91 Å². The van der Waals surface area contributed by atoms with E-state index in [4.69, 9.17) is 0 Å². The van der Waals surface area contributed by atoms with Crippen LogP contribution < -0.4 is 10.6 Å². The molecule has 6 nitrogen and oxygen atoms in total. The van der Waals surface area contributed by atoms with E-state index in [0.29, 0.717) is 11.3 Å². The van der Waals surface area contributed by atoms with Crippen LogP contribution in [0.3, 0.4) is 0 Å². The van der Waals surface area contributed by atoms with Crippen molar-refractivity contribution in [3.63, 3.8) is 0 Å². The molecule has 3 aromatic carbocycles.